The maximum atomic E-state index is 6.46. The van der Waals surface area contributed by atoms with Crippen molar-refractivity contribution in [3.8, 4) is 0 Å². The summed E-state index contributed by atoms with van der Waals surface area (Å²) in [7, 11) is 0. The largest absolute Gasteiger partial charge is 0.370 e. The van der Waals surface area contributed by atoms with Gasteiger partial charge in [-0.2, -0.15) is 0 Å². The first-order chi connectivity index (χ1) is 13.2. The first-order valence-electron chi connectivity index (χ1n) is 10.1. The van der Waals surface area contributed by atoms with Crippen LogP contribution in [0, 0.1) is 0 Å². The molecule has 0 bridgehead atoms. The molecule has 1 fully saturated rings. The lowest BCUT2D eigenvalue weighted by atomic mass is 9.79. The Morgan fingerprint density at radius 1 is 1.37 bits per heavy atom. The van der Waals surface area contributed by atoms with Crippen molar-refractivity contribution in [1.29, 1.82) is 0 Å². The maximum Gasteiger partial charge on any atom is 0.121 e. The van der Waals surface area contributed by atoms with Gasteiger partial charge in [0.1, 0.15) is 5.82 Å². The van der Waals surface area contributed by atoms with Crippen molar-refractivity contribution >= 4 is 22.4 Å². The number of nitrogens with zero attached hydrogens (tertiary/aromatic N) is 2. The fourth-order valence-corrected chi connectivity index (χ4v) is 5.96. The van der Waals surface area contributed by atoms with Crippen molar-refractivity contribution in [3.63, 3.8) is 0 Å². The molecule has 1 aromatic carbocycles. The van der Waals surface area contributed by atoms with Crippen molar-refractivity contribution < 1.29 is 4.74 Å². The minimum atomic E-state index is -0.0682. The molecule has 4 heterocycles. The van der Waals surface area contributed by atoms with Crippen molar-refractivity contribution in [1.82, 2.24) is 14.9 Å². The summed E-state index contributed by atoms with van der Waals surface area (Å²) in [4.78, 5) is 13.9. The quantitative estimate of drug-likeness (QED) is 0.719. The van der Waals surface area contributed by atoms with Gasteiger partial charge in [-0.3, -0.25) is 4.90 Å². The standard InChI is InChI=1S/C22H27N3OS/c1-3-16-12-17-20(27-16)8-11-26-22(17)9-10-25(15(2)13-22)14-21-23-18-6-4-5-7-19(18)24-21/h4-7,12,15H,3,8-11,13-14H2,1-2H3,(H,23,24)/t15-,22+/m0/s1. The van der Waals surface area contributed by atoms with Crippen LogP contribution in [-0.4, -0.2) is 34.1 Å². The van der Waals surface area contributed by atoms with Crippen molar-refractivity contribution in [2.75, 3.05) is 13.2 Å². The number of para-hydroxylation sites is 2. The Labute approximate surface area is 164 Å². The SMILES string of the molecule is CCc1cc2c(s1)CCO[C@@]21CCN(Cc2nc3ccccc3[nH]2)[C@@H](C)C1. The van der Waals surface area contributed by atoms with E-state index in [9.17, 15) is 0 Å². The highest BCUT2D eigenvalue weighted by Crippen LogP contribution is 2.46. The second kappa shape index (κ2) is 6.73. The number of aryl methyl sites for hydroxylation is 1. The number of imidazole rings is 1. The number of hydrogen-bond acceptors (Lipinski definition) is 4. The normalized spacial score (nSPS) is 25.9. The van der Waals surface area contributed by atoms with Crippen molar-refractivity contribution in [3.05, 3.63) is 51.5 Å². The van der Waals surface area contributed by atoms with Crippen molar-refractivity contribution in [2.45, 2.75) is 57.7 Å². The molecule has 1 N–H and O–H groups in total. The summed E-state index contributed by atoms with van der Waals surface area (Å²) in [6, 6.07) is 11.2. The zero-order chi connectivity index (χ0) is 18.4. The number of thiophene rings is 1. The van der Waals surface area contributed by atoms with E-state index in [2.05, 4.69) is 48.0 Å². The van der Waals surface area contributed by atoms with Crippen LogP contribution in [0.2, 0.25) is 0 Å². The predicted octanol–water partition coefficient (Wildman–Crippen LogP) is 4.64. The molecule has 2 atom stereocenters. The summed E-state index contributed by atoms with van der Waals surface area (Å²) >= 11 is 2.00. The lowest BCUT2D eigenvalue weighted by molar-refractivity contribution is -0.112. The predicted molar refractivity (Wildman–Crippen MR) is 110 cm³/mol. The zero-order valence-electron chi connectivity index (χ0n) is 16.1. The van der Waals surface area contributed by atoms with Crippen LogP contribution in [-0.2, 0) is 29.7 Å². The molecule has 0 saturated carbocycles. The van der Waals surface area contributed by atoms with E-state index in [1.165, 1.54) is 10.4 Å². The van der Waals surface area contributed by atoms with E-state index >= 15 is 0 Å². The number of hydrogen-bond donors (Lipinski definition) is 1. The number of ether oxygens (including phenoxy) is 1. The number of fused-ring (bicyclic) bond motifs is 3. The Balaban J connectivity index is 1.36. The third-order valence-electron chi connectivity index (χ3n) is 6.25. The molecule has 5 rings (SSSR count). The van der Waals surface area contributed by atoms with Crippen LogP contribution in [0.3, 0.4) is 0 Å². The molecule has 1 spiro atoms. The molecule has 142 valence electrons. The molecule has 0 amide bonds. The molecule has 4 nitrogen and oxygen atoms in total. The Morgan fingerprint density at radius 3 is 3.07 bits per heavy atom. The lowest BCUT2D eigenvalue weighted by Gasteiger charge is -2.47. The van der Waals surface area contributed by atoms with Gasteiger partial charge in [-0.25, -0.2) is 4.98 Å². The summed E-state index contributed by atoms with van der Waals surface area (Å²) in [6.07, 6.45) is 4.35. The Kier molecular flexibility index (Phi) is 4.34. The number of piperidine rings is 1. The van der Waals surface area contributed by atoms with Gasteiger partial charge in [0, 0.05) is 28.8 Å². The number of benzene rings is 1. The van der Waals surface area contributed by atoms with E-state index in [0.29, 0.717) is 6.04 Å². The molecule has 5 heteroatoms. The van der Waals surface area contributed by atoms with E-state index in [4.69, 9.17) is 9.72 Å². The van der Waals surface area contributed by atoms with Gasteiger partial charge in [-0.1, -0.05) is 19.1 Å². The number of nitrogens with one attached hydrogen (secondary N) is 1. The molecule has 0 radical (unpaired) electrons. The van der Waals surface area contributed by atoms with E-state index in [-0.39, 0.29) is 5.60 Å². The van der Waals surface area contributed by atoms with Crippen LogP contribution in [0.4, 0.5) is 0 Å². The molecule has 0 aliphatic carbocycles. The summed E-state index contributed by atoms with van der Waals surface area (Å²) in [5.74, 6) is 1.06. The molecule has 2 aromatic heterocycles. The van der Waals surface area contributed by atoms with E-state index in [1.807, 2.05) is 17.4 Å². The maximum absolute atomic E-state index is 6.46. The first kappa shape index (κ1) is 17.4. The fourth-order valence-electron chi connectivity index (χ4n) is 4.78. The monoisotopic (exact) mass is 381 g/mol. The van der Waals surface area contributed by atoms with E-state index in [1.54, 1.807) is 4.88 Å². The van der Waals surface area contributed by atoms with E-state index < -0.39 is 0 Å². The average Bonchev–Trinajstić information content (AvgIpc) is 3.28. The van der Waals surface area contributed by atoms with Crippen LogP contribution < -0.4 is 0 Å². The molecular weight excluding hydrogens is 354 g/mol. The van der Waals surface area contributed by atoms with Crippen LogP contribution in [0.15, 0.2) is 30.3 Å². The van der Waals surface area contributed by atoms with E-state index in [0.717, 1.165) is 62.2 Å². The Bertz CT molecular complexity index is 929. The third-order valence-corrected chi connectivity index (χ3v) is 7.59. The van der Waals surface area contributed by atoms with Gasteiger partial charge in [0.2, 0.25) is 0 Å². The highest BCUT2D eigenvalue weighted by Gasteiger charge is 2.44. The second-order valence-corrected chi connectivity index (χ2v) is 9.19. The summed E-state index contributed by atoms with van der Waals surface area (Å²) in [5.41, 5.74) is 3.60. The van der Waals surface area contributed by atoms with Gasteiger partial charge in [0.15, 0.2) is 0 Å². The minimum absolute atomic E-state index is 0.0682. The average molecular weight is 382 g/mol. The third kappa shape index (κ3) is 3.02. The summed E-state index contributed by atoms with van der Waals surface area (Å²) in [5, 5.41) is 0. The number of rotatable bonds is 3. The van der Waals surface area contributed by atoms with Gasteiger partial charge in [-0.15, -0.1) is 11.3 Å². The van der Waals surface area contributed by atoms with Gasteiger partial charge in [0.05, 0.1) is 29.8 Å². The topological polar surface area (TPSA) is 41.1 Å². The highest BCUT2D eigenvalue weighted by atomic mass is 32.1. The Morgan fingerprint density at radius 2 is 2.26 bits per heavy atom. The molecule has 2 aliphatic heterocycles. The zero-order valence-corrected chi connectivity index (χ0v) is 16.9. The summed E-state index contributed by atoms with van der Waals surface area (Å²) < 4.78 is 6.46. The van der Waals surface area contributed by atoms with Gasteiger partial charge >= 0.3 is 0 Å². The number of aromatic amines is 1. The molecule has 3 aromatic rings. The van der Waals surface area contributed by atoms with Crippen LogP contribution in [0.1, 0.15) is 47.8 Å². The first-order valence-corrected chi connectivity index (χ1v) is 10.9. The number of aromatic nitrogens is 2. The van der Waals surface area contributed by atoms with Gasteiger partial charge in [0.25, 0.3) is 0 Å². The van der Waals surface area contributed by atoms with Crippen LogP contribution in [0.5, 0.6) is 0 Å². The van der Waals surface area contributed by atoms with Crippen LogP contribution in [0.25, 0.3) is 11.0 Å². The molecule has 27 heavy (non-hydrogen) atoms. The summed E-state index contributed by atoms with van der Waals surface area (Å²) in [6.45, 7) is 7.39. The second-order valence-electron chi connectivity index (χ2n) is 7.97. The smallest absolute Gasteiger partial charge is 0.121 e. The van der Waals surface area contributed by atoms with Gasteiger partial charge < -0.3 is 9.72 Å². The molecule has 1 saturated heterocycles. The number of likely N-dealkylation sites (tertiary alicyclic amines) is 1. The van der Waals surface area contributed by atoms with Gasteiger partial charge in [-0.05, 0) is 49.9 Å². The highest BCUT2D eigenvalue weighted by molar-refractivity contribution is 7.12. The Hall–Kier alpha value is -1.69. The fraction of sp³-hybridized carbons (Fsp3) is 0.500. The van der Waals surface area contributed by atoms with Crippen molar-refractivity contribution in [2.24, 2.45) is 0 Å². The number of H-pyrrole nitrogens is 1. The minimum Gasteiger partial charge on any atom is -0.370 e. The molecule has 2 aliphatic rings. The van der Waals surface area contributed by atoms with Crippen LogP contribution >= 0.6 is 11.3 Å². The molecular formula is C22H27N3OS. The molecule has 0 unspecified atom stereocenters. The lowest BCUT2D eigenvalue weighted by Crippen LogP contribution is -2.50.